The molecular weight excluding hydrogens is 349 g/mol. The van der Waals surface area contributed by atoms with Crippen molar-refractivity contribution in [2.45, 2.75) is 19.5 Å². The molecule has 0 radical (unpaired) electrons. The van der Waals surface area contributed by atoms with E-state index in [1.165, 1.54) is 6.07 Å². The molecule has 0 spiro atoms. The number of hydrogen-bond acceptors (Lipinski definition) is 5. The summed E-state index contributed by atoms with van der Waals surface area (Å²) in [7, 11) is 3.51. The number of halogens is 1. The Morgan fingerprint density at radius 3 is 2.78 bits per heavy atom. The van der Waals surface area contributed by atoms with Crippen LogP contribution in [0.2, 0.25) is 0 Å². The van der Waals surface area contributed by atoms with Crippen molar-refractivity contribution in [3.63, 3.8) is 0 Å². The molecule has 1 aromatic heterocycles. The molecule has 0 N–H and O–H groups in total. The number of benzene rings is 1. The summed E-state index contributed by atoms with van der Waals surface area (Å²) < 4.78 is 19.4. The van der Waals surface area contributed by atoms with Crippen molar-refractivity contribution >= 4 is 6.03 Å². The molecule has 2 aliphatic rings. The van der Waals surface area contributed by atoms with Crippen LogP contribution in [-0.2, 0) is 6.54 Å². The molecule has 3 heterocycles. The first-order valence-electron chi connectivity index (χ1n) is 9.17. The van der Waals surface area contributed by atoms with Crippen molar-refractivity contribution in [1.29, 1.82) is 0 Å². The van der Waals surface area contributed by atoms with Crippen LogP contribution in [0.4, 0.5) is 9.18 Å². The molecule has 3 atom stereocenters. The summed E-state index contributed by atoms with van der Waals surface area (Å²) in [6.07, 6.45) is 0. The largest absolute Gasteiger partial charge is 0.424 e. The lowest BCUT2D eigenvalue weighted by molar-refractivity contribution is 0.150. The Balaban J connectivity index is 1.57. The van der Waals surface area contributed by atoms with Gasteiger partial charge in [-0.2, -0.15) is 0 Å². The predicted octanol–water partition coefficient (Wildman–Crippen LogP) is 2.30. The van der Waals surface area contributed by atoms with E-state index in [9.17, 15) is 9.18 Å². The molecule has 2 saturated heterocycles. The summed E-state index contributed by atoms with van der Waals surface area (Å²) in [6, 6.07) is 6.45. The molecular formula is C19H24FN5O2. The number of rotatable bonds is 3. The van der Waals surface area contributed by atoms with Crippen LogP contribution < -0.4 is 0 Å². The van der Waals surface area contributed by atoms with Gasteiger partial charge in [0.05, 0.1) is 12.6 Å². The highest BCUT2D eigenvalue weighted by atomic mass is 19.1. The number of amides is 2. The number of nitrogens with zero attached hydrogens (tertiary/aromatic N) is 5. The van der Waals surface area contributed by atoms with Crippen molar-refractivity contribution in [2.24, 2.45) is 11.8 Å². The van der Waals surface area contributed by atoms with E-state index in [1.54, 1.807) is 38.1 Å². The summed E-state index contributed by atoms with van der Waals surface area (Å²) in [6.45, 7) is 4.72. The highest BCUT2D eigenvalue weighted by Gasteiger charge is 2.49. The van der Waals surface area contributed by atoms with Crippen molar-refractivity contribution in [3.8, 4) is 0 Å². The number of urea groups is 1. The average molecular weight is 373 g/mol. The lowest BCUT2D eigenvalue weighted by atomic mass is 9.89. The van der Waals surface area contributed by atoms with E-state index in [-0.39, 0.29) is 23.8 Å². The number of aryl methyl sites for hydroxylation is 1. The quantitative estimate of drug-likeness (QED) is 0.826. The van der Waals surface area contributed by atoms with Gasteiger partial charge in [0, 0.05) is 46.6 Å². The zero-order valence-electron chi connectivity index (χ0n) is 15.8. The molecule has 2 aliphatic heterocycles. The SMILES string of the molecule is Cc1nnc(CN2C[C@@H]3CN(C(=O)N(C)C)[C@H](c4cccc(F)c4)[C@@H]3C2)o1. The number of carbonyl (C=O) groups excluding carboxylic acids is 1. The maximum absolute atomic E-state index is 13.9. The number of fused-ring (bicyclic) bond motifs is 1. The van der Waals surface area contributed by atoms with Gasteiger partial charge in [-0.15, -0.1) is 10.2 Å². The molecule has 0 saturated carbocycles. The van der Waals surface area contributed by atoms with Crippen LogP contribution in [0.25, 0.3) is 0 Å². The second-order valence-corrected chi connectivity index (χ2v) is 7.66. The van der Waals surface area contributed by atoms with E-state index in [4.69, 9.17) is 4.42 Å². The normalized spacial score (nSPS) is 25.0. The predicted molar refractivity (Wildman–Crippen MR) is 96.2 cm³/mol. The molecule has 144 valence electrons. The maximum atomic E-state index is 13.9. The van der Waals surface area contributed by atoms with E-state index in [0.717, 1.165) is 18.7 Å². The minimum absolute atomic E-state index is 0.0299. The van der Waals surface area contributed by atoms with Gasteiger partial charge in [-0.25, -0.2) is 9.18 Å². The topological polar surface area (TPSA) is 65.7 Å². The van der Waals surface area contributed by atoms with Crippen molar-refractivity contribution < 1.29 is 13.6 Å². The first kappa shape index (κ1) is 17.9. The molecule has 2 fully saturated rings. The van der Waals surface area contributed by atoms with Crippen LogP contribution in [0.1, 0.15) is 23.4 Å². The zero-order chi connectivity index (χ0) is 19.1. The second kappa shape index (κ2) is 6.92. The van der Waals surface area contributed by atoms with Gasteiger partial charge in [0.15, 0.2) is 0 Å². The Morgan fingerprint density at radius 1 is 1.30 bits per heavy atom. The van der Waals surface area contributed by atoms with Crippen molar-refractivity contribution in [3.05, 3.63) is 47.4 Å². The number of hydrogen-bond donors (Lipinski definition) is 0. The van der Waals surface area contributed by atoms with Gasteiger partial charge in [0.25, 0.3) is 0 Å². The lowest BCUT2D eigenvalue weighted by Crippen LogP contribution is -2.41. The van der Waals surface area contributed by atoms with Crippen LogP contribution in [0, 0.1) is 24.6 Å². The second-order valence-electron chi connectivity index (χ2n) is 7.66. The molecule has 0 aliphatic carbocycles. The van der Waals surface area contributed by atoms with Crippen LogP contribution in [0.5, 0.6) is 0 Å². The minimum Gasteiger partial charge on any atom is -0.424 e. The first-order chi connectivity index (χ1) is 12.9. The van der Waals surface area contributed by atoms with Crippen LogP contribution in [-0.4, -0.2) is 64.7 Å². The smallest absolute Gasteiger partial charge is 0.320 e. The minimum atomic E-state index is -0.274. The monoisotopic (exact) mass is 373 g/mol. The molecule has 1 aromatic carbocycles. The number of likely N-dealkylation sites (tertiary alicyclic amines) is 2. The van der Waals surface area contributed by atoms with E-state index < -0.39 is 0 Å². The highest BCUT2D eigenvalue weighted by molar-refractivity contribution is 5.75. The molecule has 4 rings (SSSR count). The van der Waals surface area contributed by atoms with Crippen molar-refractivity contribution in [2.75, 3.05) is 33.7 Å². The average Bonchev–Trinajstić information content (AvgIpc) is 3.28. The fourth-order valence-electron chi connectivity index (χ4n) is 4.43. The third-order valence-electron chi connectivity index (χ3n) is 5.48. The van der Waals surface area contributed by atoms with E-state index in [0.29, 0.717) is 30.8 Å². The standard InChI is InChI=1S/C19H24FN5O2/c1-12-21-22-17(27-12)11-24-8-14-9-25(19(26)23(2)3)18(16(14)10-24)13-5-4-6-15(20)7-13/h4-7,14,16,18H,8-11H2,1-3H3/t14-,16-,18-/m1/s1. The fraction of sp³-hybridized carbons (Fsp3) is 0.526. The van der Waals surface area contributed by atoms with Gasteiger partial charge in [-0.1, -0.05) is 12.1 Å². The Hall–Kier alpha value is -2.48. The van der Waals surface area contributed by atoms with Gasteiger partial charge in [-0.3, -0.25) is 4.90 Å². The zero-order valence-corrected chi connectivity index (χ0v) is 15.8. The lowest BCUT2D eigenvalue weighted by Gasteiger charge is -2.31. The molecule has 27 heavy (non-hydrogen) atoms. The number of aromatic nitrogens is 2. The summed E-state index contributed by atoms with van der Waals surface area (Å²) in [5, 5.41) is 7.96. The highest BCUT2D eigenvalue weighted by Crippen LogP contribution is 2.45. The molecule has 2 amide bonds. The van der Waals surface area contributed by atoms with Gasteiger partial charge < -0.3 is 14.2 Å². The summed E-state index contributed by atoms with van der Waals surface area (Å²) >= 11 is 0. The van der Waals surface area contributed by atoms with Crippen LogP contribution in [0.15, 0.2) is 28.7 Å². The summed E-state index contributed by atoms with van der Waals surface area (Å²) in [4.78, 5) is 18.5. The van der Waals surface area contributed by atoms with E-state index >= 15 is 0 Å². The summed E-state index contributed by atoms with van der Waals surface area (Å²) in [5.74, 6) is 1.48. The van der Waals surface area contributed by atoms with E-state index in [1.807, 2.05) is 11.0 Å². The third kappa shape index (κ3) is 3.41. The first-order valence-corrected chi connectivity index (χ1v) is 9.17. The van der Waals surface area contributed by atoms with Crippen molar-refractivity contribution in [1.82, 2.24) is 24.9 Å². The van der Waals surface area contributed by atoms with Crippen LogP contribution in [0.3, 0.4) is 0 Å². The Morgan fingerprint density at radius 2 is 2.11 bits per heavy atom. The molecule has 0 unspecified atom stereocenters. The van der Waals surface area contributed by atoms with Gasteiger partial charge >= 0.3 is 6.03 Å². The third-order valence-corrected chi connectivity index (χ3v) is 5.48. The molecule has 7 nitrogen and oxygen atoms in total. The summed E-state index contributed by atoms with van der Waals surface area (Å²) in [5.41, 5.74) is 0.855. The van der Waals surface area contributed by atoms with Crippen LogP contribution >= 0.6 is 0 Å². The number of carbonyl (C=O) groups is 1. The Bertz CT molecular complexity index is 839. The molecule has 0 bridgehead atoms. The van der Waals surface area contributed by atoms with Gasteiger partial charge in [-0.05, 0) is 23.6 Å². The molecule has 2 aromatic rings. The fourth-order valence-corrected chi connectivity index (χ4v) is 4.43. The van der Waals surface area contributed by atoms with E-state index in [2.05, 4.69) is 15.1 Å². The molecule has 8 heteroatoms. The van der Waals surface area contributed by atoms with Gasteiger partial charge in [0.1, 0.15) is 5.82 Å². The van der Waals surface area contributed by atoms with Gasteiger partial charge in [0.2, 0.25) is 11.8 Å². The Labute approximate surface area is 157 Å². The maximum Gasteiger partial charge on any atom is 0.320 e. The Kier molecular flexibility index (Phi) is 4.59.